The first-order valence-corrected chi connectivity index (χ1v) is 8.29. The zero-order valence-corrected chi connectivity index (χ0v) is 15.3. The summed E-state index contributed by atoms with van der Waals surface area (Å²) < 4.78 is 11.0. The molecule has 0 aliphatic carbocycles. The highest BCUT2D eigenvalue weighted by Gasteiger charge is 2.47. The van der Waals surface area contributed by atoms with Crippen LogP contribution in [0.1, 0.15) is 54.4 Å². The standard InChI is InChI=1S/C17H29NO6/c1-9(2)7-12(18-10(3)19)14-11(15(20)21)8-13(23-14)16(22)24-17(4,5)6/h9,11-14H,7-8H2,1-6H3,(H,18,19)(H,20,21)/t11-,12+,13-,14-/m1/s1. The number of carboxylic acid groups (broad SMARTS) is 1. The first kappa shape index (κ1) is 20.4. The molecule has 0 saturated carbocycles. The largest absolute Gasteiger partial charge is 0.481 e. The average molecular weight is 343 g/mol. The van der Waals surface area contributed by atoms with Crippen molar-refractivity contribution >= 4 is 17.8 Å². The zero-order valence-electron chi connectivity index (χ0n) is 15.3. The molecule has 0 radical (unpaired) electrons. The van der Waals surface area contributed by atoms with Crippen LogP contribution in [0, 0.1) is 11.8 Å². The SMILES string of the molecule is CC(=O)N[C@@H](CC(C)C)[C@@H]1O[C@@H](C(=O)OC(C)(C)C)C[C@H]1C(=O)O. The Labute approximate surface area is 143 Å². The Morgan fingerprint density at radius 1 is 1.29 bits per heavy atom. The molecule has 7 heteroatoms. The number of hydrogen-bond acceptors (Lipinski definition) is 5. The van der Waals surface area contributed by atoms with Crippen molar-refractivity contribution in [2.45, 2.75) is 78.2 Å². The Balaban J connectivity index is 2.95. The van der Waals surface area contributed by atoms with Gasteiger partial charge in [-0.1, -0.05) is 13.8 Å². The van der Waals surface area contributed by atoms with Crippen LogP contribution >= 0.6 is 0 Å². The number of ether oxygens (including phenoxy) is 2. The van der Waals surface area contributed by atoms with Crippen LogP contribution in [0.5, 0.6) is 0 Å². The maximum atomic E-state index is 12.2. The van der Waals surface area contributed by atoms with Gasteiger partial charge in [-0.25, -0.2) is 4.79 Å². The molecule has 1 aliphatic rings. The highest BCUT2D eigenvalue weighted by atomic mass is 16.6. The molecule has 7 nitrogen and oxygen atoms in total. The molecular formula is C17H29NO6. The summed E-state index contributed by atoms with van der Waals surface area (Å²) in [6, 6.07) is -0.462. The van der Waals surface area contributed by atoms with Crippen LogP contribution in [0.25, 0.3) is 0 Å². The first-order valence-electron chi connectivity index (χ1n) is 8.29. The van der Waals surface area contributed by atoms with E-state index in [-0.39, 0.29) is 18.2 Å². The summed E-state index contributed by atoms with van der Waals surface area (Å²) in [6.07, 6.45) is -1.08. The highest BCUT2D eigenvalue weighted by molar-refractivity contribution is 5.79. The van der Waals surface area contributed by atoms with E-state index in [1.54, 1.807) is 20.8 Å². The molecule has 138 valence electrons. The van der Waals surface area contributed by atoms with Crippen molar-refractivity contribution < 1.29 is 29.0 Å². The maximum absolute atomic E-state index is 12.2. The van der Waals surface area contributed by atoms with Gasteiger partial charge in [0.2, 0.25) is 5.91 Å². The summed E-state index contributed by atoms with van der Waals surface area (Å²) in [4.78, 5) is 35.3. The molecule has 1 aliphatic heterocycles. The van der Waals surface area contributed by atoms with Gasteiger partial charge in [0.25, 0.3) is 0 Å². The summed E-state index contributed by atoms with van der Waals surface area (Å²) >= 11 is 0. The summed E-state index contributed by atoms with van der Waals surface area (Å²) in [6.45, 7) is 10.6. The van der Waals surface area contributed by atoms with Gasteiger partial charge in [0.05, 0.1) is 18.1 Å². The minimum absolute atomic E-state index is 0.0447. The smallest absolute Gasteiger partial charge is 0.335 e. The number of aliphatic carboxylic acids is 1. The van der Waals surface area contributed by atoms with Gasteiger partial charge in [0.15, 0.2) is 6.10 Å². The third-order valence-electron chi connectivity index (χ3n) is 3.68. The molecule has 0 aromatic heterocycles. The van der Waals surface area contributed by atoms with Crippen molar-refractivity contribution in [2.24, 2.45) is 11.8 Å². The number of hydrogen-bond donors (Lipinski definition) is 2. The van der Waals surface area contributed by atoms with Gasteiger partial charge < -0.3 is 19.9 Å². The quantitative estimate of drug-likeness (QED) is 0.712. The lowest BCUT2D eigenvalue weighted by atomic mass is 9.89. The van der Waals surface area contributed by atoms with Crippen LogP contribution in [0.3, 0.4) is 0 Å². The number of rotatable bonds is 6. The van der Waals surface area contributed by atoms with Gasteiger partial charge in [-0.05, 0) is 33.1 Å². The Morgan fingerprint density at radius 3 is 2.29 bits per heavy atom. The van der Waals surface area contributed by atoms with Crippen molar-refractivity contribution in [3.63, 3.8) is 0 Å². The molecular weight excluding hydrogens is 314 g/mol. The second kappa shape index (κ2) is 7.96. The molecule has 0 aromatic carbocycles. The lowest BCUT2D eigenvalue weighted by Gasteiger charge is -2.28. The van der Waals surface area contributed by atoms with Crippen LogP contribution < -0.4 is 5.32 Å². The van der Waals surface area contributed by atoms with Gasteiger partial charge in [-0.3, -0.25) is 9.59 Å². The van der Waals surface area contributed by atoms with E-state index in [0.29, 0.717) is 6.42 Å². The number of carbonyl (C=O) groups is 3. The van der Waals surface area contributed by atoms with E-state index < -0.39 is 41.7 Å². The average Bonchev–Trinajstić information content (AvgIpc) is 2.79. The normalized spacial score (nSPS) is 25.4. The fourth-order valence-electron chi connectivity index (χ4n) is 2.88. The molecule has 2 N–H and O–H groups in total. The first-order chi connectivity index (χ1) is 10.9. The fraction of sp³-hybridized carbons (Fsp3) is 0.824. The Morgan fingerprint density at radius 2 is 1.88 bits per heavy atom. The number of nitrogens with one attached hydrogen (secondary N) is 1. The summed E-state index contributed by atoms with van der Waals surface area (Å²) in [5.74, 6) is -2.49. The second-order valence-electron chi connectivity index (χ2n) is 7.74. The molecule has 1 heterocycles. The Hall–Kier alpha value is -1.63. The lowest BCUT2D eigenvalue weighted by molar-refractivity contribution is -0.168. The van der Waals surface area contributed by atoms with Gasteiger partial charge >= 0.3 is 11.9 Å². The van der Waals surface area contributed by atoms with Gasteiger partial charge in [0.1, 0.15) is 5.60 Å². The highest BCUT2D eigenvalue weighted by Crippen LogP contribution is 2.32. The van der Waals surface area contributed by atoms with E-state index in [4.69, 9.17) is 9.47 Å². The Bertz CT molecular complexity index is 482. The molecule has 0 spiro atoms. The van der Waals surface area contributed by atoms with E-state index in [9.17, 15) is 19.5 Å². The second-order valence-corrected chi connectivity index (χ2v) is 7.74. The third-order valence-corrected chi connectivity index (χ3v) is 3.68. The topological polar surface area (TPSA) is 102 Å². The van der Waals surface area contributed by atoms with E-state index in [0.717, 1.165) is 0 Å². The van der Waals surface area contributed by atoms with Crippen molar-refractivity contribution in [2.75, 3.05) is 0 Å². The van der Waals surface area contributed by atoms with Crippen LogP contribution in [-0.4, -0.2) is 46.8 Å². The van der Waals surface area contributed by atoms with E-state index in [2.05, 4.69) is 5.32 Å². The molecule has 0 unspecified atom stereocenters. The number of amides is 1. The monoisotopic (exact) mass is 343 g/mol. The molecule has 0 bridgehead atoms. The number of esters is 1. The summed E-state index contributed by atoms with van der Waals surface area (Å²) in [7, 11) is 0. The molecule has 0 aromatic rings. The Kier molecular flexibility index (Phi) is 6.77. The van der Waals surface area contributed by atoms with Crippen molar-refractivity contribution in [1.29, 1.82) is 0 Å². The minimum atomic E-state index is -1.04. The third kappa shape index (κ3) is 6.11. The molecule has 1 rings (SSSR count). The van der Waals surface area contributed by atoms with Crippen LogP contribution in [-0.2, 0) is 23.9 Å². The predicted octanol–water partition coefficient (Wildman–Crippen LogP) is 1.74. The van der Waals surface area contributed by atoms with Crippen LogP contribution in [0.2, 0.25) is 0 Å². The lowest BCUT2D eigenvalue weighted by Crippen LogP contribution is -2.47. The van der Waals surface area contributed by atoms with Gasteiger partial charge in [-0.15, -0.1) is 0 Å². The fourth-order valence-corrected chi connectivity index (χ4v) is 2.88. The predicted molar refractivity (Wildman–Crippen MR) is 87.3 cm³/mol. The maximum Gasteiger partial charge on any atom is 0.335 e. The summed E-state index contributed by atoms with van der Waals surface area (Å²) in [5, 5.41) is 12.3. The van der Waals surface area contributed by atoms with Crippen molar-refractivity contribution in [3.8, 4) is 0 Å². The molecule has 1 fully saturated rings. The van der Waals surface area contributed by atoms with Gasteiger partial charge in [-0.2, -0.15) is 0 Å². The van der Waals surface area contributed by atoms with E-state index in [1.165, 1.54) is 6.92 Å². The molecule has 24 heavy (non-hydrogen) atoms. The molecule has 4 atom stereocenters. The van der Waals surface area contributed by atoms with E-state index in [1.807, 2.05) is 13.8 Å². The number of carbonyl (C=O) groups excluding carboxylic acids is 2. The molecule has 1 amide bonds. The van der Waals surface area contributed by atoms with Gasteiger partial charge in [0, 0.05) is 13.3 Å². The van der Waals surface area contributed by atoms with Crippen LogP contribution in [0.15, 0.2) is 0 Å². The number of carboxylic acids is 1. The summed E-state index contributed by atoms with van der Waals surface area (Å²) in [5.41, 5.74) is -0.674. The molecule has 1 saturated heterocycles. The van der Waals surface area contributed by atoms with Crippen molar-refractivity contribution in [1.82, 2.24) is 5.32 Å². The van der Waals surface area contributed by atoms with Crippen LogP contribution in [0.4, 0.5) is 0 Å². The van der Waals surface area contributed by atoms with E-state index >= 15 is 0 Å². The zero-order chi connectivity index (χ0) is 18.7. The van der Waals surface area contributed by atoms with Crippen molar-refractivity contribution in [3.05, 3.63) is 0 Å². The minimum Gasteiger partial charge on any atom is -0.481 e.